The molecule has 2 heterocycles. The summed E-state index contributed by atoms with van der Waals surface area (Å²) in [5.74, 6) is 1.67. The molecule has 0 aliphatic carbocycles. The highest BCUT2D eigenvalue weighted by Crippen LogP contribution is 2.16. The Kier molecular flexibility index (Phi) is 2.14. The van der Waals surface area contributed by atoms with E-state index in [0.717, 1.165) is 36.9 Å². The van der Waals surface area contributed by atoms with Gasteiger partial charge in [-0.1, -0.05) is 0 Å². The van der Waals surface area contributed by atoms with Gasteiger partial charge < -0.3 is 0 Å². The van der Waals surface area contributed by atoms with Crippen molar-refractivity contribution in [3.8, 4) is 0 Å². The maximum absolute atomic E-state index is 5.39. The van der Waals surface area contributed by atoms with Crippen LogP contribution in [-0.2, 0) is 4.84 Å². The number of hydrogen-bond donors (Lipinski definition) is 0. The molecule has 4 heteroatoms. The normalized spacial score (nSPS) is 16.6. The third-order valence-electron chi connectivity index (χ3n) is 1.96. The van der Waals surface area contributed by atoms with E-state index in [2.05, 4.69) is 9.97 Å². The standard InChI is InChI=1S/C9H13N3O/c1-7-6-9(11-8(2)10-7)12-4-3-5-13-12/h6H,3-5H2,1-2H3. The lowest BCUT2D eigenvalue weighted by Crippen LogP contribution is -2.18. The summed E-state index contributed by atoms with van der Waals surface area (Å²) in [7, 11) is 0. The lowest BCUT2D eigenvalue weighted by Gasteiger charge is -2.15. The largest absolute Gasteiger partial charge is 0.272 e. The molecule has 1 aromatic heterocycles. The highest BCUT2D eigenvalue weighted by molar-refractivity contribution is 5.37. The second-order valence-electron chi connectivity index (χ2n) is 3.20. The first kappa shape index (κ1) is 8.44. The van der Waals surface area contributed by atoms with Crippen molar-refractivity contribution in [3.05, 3.63) is 17.6 Å². The van der Waals surface area contributed by atoms with Gasteiger partial charge in [0.2, 0.25) is 0 Å². The second kappa shape index (κ2) is 3.30. The summed E-state index contributed by atoms with van der Waals surface area (Å²) in [6.07, 6.45) is 1.07. The maximum Gasteiger partial charge on any atom is 0.156 e. The SMILES string of the molecule is Cc1cc(N2CCCO2)nc(C)n1. The molecule has 0 radical (unpaired) electrons. The van der Waals surface area contributed by atoms with Gasteiger partial charge in [0.05, 0.1) is 6.61 Å². The molecule has 0 N–H and O–H groups in total. The molecule has 0 spiro atoms. The van der Waals surface area contributed by atoms with Gasteiger partial charge in [-0.2, -0.15) is 0 Å². The molecule has 70 valence electrons. The minimum absolute atomic E-state index is 0.794. The number of hydroxylamine groups is 1. The molecule has 1 fully saturated rings. The third-order valence-corrected chi connectivity index (χ3v) is 1.96. The van der Waals surface area contributed by atoms with E-state index in [1.165, 1.54) is 0 Å². The minimum atomic E-state index is 0.794. The summed E-state index contributed by atoms with van der Waals surface area (Å²) < 4.78 is 0. The van der Waals surface area contributed by atoms with Crippen LogP contribution < -0.4 is 5.06 Å². The van der Waals surface area contributed by atoms with E-state index in [0.29, 0.717) is 0 Å². The highest BCUT2D eigenvalue weighted by atomic mass is 16.7. The molecule has 0 unspecified atom stereocenters. The molecule has 0 aromatic carbocycles. The number of hydrogen-bond acceptors (Lipinski definition) is 4. The van der Waals surface area contributed by atoms with Crippen molar-refractivity contribution in [1.82, 2.24) is 9.97 Å². The predicted octanol–water partition coefficient (Wildman–Crippen LogP) is 1.24. The summed E-state index contributed by atoms with van der Waals surface area (Å²) in [6.45, 7) is 5.58. The van der Waals surface area contributed by atoms with Crippen LogP contribution in [-0.4, -0.2) is 23.1 Å². The van der Waals surface area contributed by atoms with Crippen LogP contribution in [0, 0.1) is 13.8 Å². The molecule has 0 atom stereocenters. The summed E-state index contributed by atoms with van der Waals surface area (Å²) in [4.78, 5) is 13.9. The topological polar surface area (TPSA) is 38.2 Å². The van der Waals surface area contributed by atoms with Gasteiger partial charge in [0.1, 0.15) is 5.82 Å². The van der Waals surface area contributed by atoms with Gasteiger partial charge in [-0.05, 0) is 20.3 Å². The fraction of sp³-hybridized carbons (Fsp3) is 0.556. The number of aromatic nitrogens is 2. The van der Waals surface area contributed by atoms with E-state index >= 15 is 0 Å². The average Bonchev–Trinajstić information content (AvgIpc) is 2.53. The number of aryl methyl sites for hydroxylation is 2. The number of anilines is 1. The molecule has 0 amide bonds. The van der Waals surface area contributed by atoms with Crippen LogP contribution in [0.3, 0.4) is 0 Å². The Morgan fingerprint density at radius 1 is 1.38 bits per heavy atom. The Hall–Kier alpha value is -1.16. The van der Waals surface area contributed by atoms with E-state index in [1.807, 2.05) is 25.0 Å². The zero-order chi connectivity index (χ0) is 9.26. The highest BCUT2D eigenvalue weighted by Gasteiger charge is 2.15. The Balaban J connectivity index is 2.28. The molecular formula is C9H13N3O. The zero-order valence-electron chi connectivity index (χ0n) is 7.95. The summed E-state index contributed by atoms with van der Waals surface area (Å²) in [5, 5.41) is 1.84. The molecule has 1 aromatic rings. The second-order valence-corrected chi connectivity index (χ2v) is 3.20. The first-order valence-electron chi connectivity index (χ1n) is 4.48. The maximum atomic E-state index is 5.39. The molecule has 4 nitrogen and oxygen atoms in total. The van der Waals surface area contributed by atoms with E-state index in [4.69, 9.17) is 4.84 Å². The van der Waals surface area contributed by atoms with Crippen LogP contribution in [0.2, 0.25) is 0 Å². The number of rotatable bonds is 1. The average molecular weight is 179 g/mol. The zero-order valence-corrected chi connectivity index (χ0v) is 7.95. The Morgan fingerprint density at radius 3 is 2.85 bits per heavy atom. The van der Waals surface area contributed by atoms with Crippen LogP contribution in [0.1, 0.15) is 17.9 Å². The molecule has 1 aliphatic heterocycles. The minimum Gasteiger partial charge on any atom is -0.272 e. The Morgan fingerprint density at radius 2 is 2.23 bits per heavy atom. The molecule has 13 heavy (non-hydrogen) atoms. The first-order valence-corrected chi connectivity index (χ1v) is 4.48. The summed E-state index contributed by atoms with van der Waals surface area (Å²) in [6, 6.07) is 1.94. The van der Waals surface area contributed by atoms with Gasteiger partial charge in [-0.25, -0.2) is 15.0 Å². The lowest BCUT2D eigenvalue weighted by molar-refractivity contribution is 0.166. The van der Waals surface area contributed by atoms with Gasteiger partial charge in [-0.15, -0.1) is 0 Å². The van der Waals surface area contributed by atoms with Gasteiger partial charge in [0.15, 0.2) is 5.82 Å². The molecule has 0 saturated carbocycles. The third kappa shape index (κ3) is 1.78. The van der Waals surface area contributed by atoms with Crippen LogP contribution in [0.25, 0.3) is 0 Å². The molecule has 1 saturated heterocycles. The van der Waals surface area contributed by atoms with Gasteiger partial charge in [0, 0.05) is 18.3 Å². The van der Waals surface area contributed by atoms with Crippen molar-refractivity contribution in [3.63, 3.8) is 0 Å². The van der Waals surface area contributed by atoms with Crippen LogP contribution in [0.15, 0.2) is 6.07 Å². The van der Waals surface area contributed by atoms with Crippen molar-refractivity contribution in [2.45, 2.75) is 20.3 Å². The predicted molar refractivity (Wildman–Crippen MR) is 49.4 cm³/mol. The summed E-state index contributed by atoms with van der Waals surface area (Å²) in [5.41, 5.74) is 0.984. The Labute approximate surface area is 77.5 Å². The fourth-order valence-corrected chi connectivity index (χ4v) is 1.45. The molecule has 1 aliphatic rings. The van der Waals surface area contributed by atoms with Gasteiger partial charge in [0.25, 0.3) is 0 Å². The van der Waals surface area contributed by atoms with Crippen LogP contribution in [0.4, 0.5) is 5.82 Å². The Bertz CT molecular complexity index is 287. The van der Waals surface area contributed by atoms with Crippen LogP contribution >= 0.6 is 0 Å². The van der Waals surface area contributed by atoms with E-state index in [9.17, 15) is 0 Å². The van der Waals surface area contributed by atoms with Crippen molar-refractivity contribution in [2.24, 2.45) is 0 Å². The van der Waals surface area contributed by atoms with Crippen molar-refractivity contribution >= 4 is 5.82 Å². The van der Waals surface area contributed by atoms with Crippen molar-refractivity contribution in [1.29, 1.82) is 0 Å². The van der Waals surface area contributed by atoms with Crippen molar-refractivity contribution in [2.75, 3.05) is 18.2 Å². The molecule has 2 rings (SSSR count). The monoisotopic (exact) mass is 179 g/mol. The van der Waals surface area contributed by atoms with E-state index < -0.39 is 0 Å². The molecule has 0 bridgehead atoms. The van der Waals surface area contributed by atoms with Gasteiger partial charge in [-0.3, -0.25) is 4.84 Å². The quantitative estimate of drug-likeness (QED) is 0.650. The van der Waals surface area contributed by atoms with Crippen LogP contribution in [0.5, 0.6) is 0 Å². The smallest absolute Gasteiger partial charge is 0.156 e. The summed E-state index contributed by atoms with van der Waals surface area (Å²) >= 11 is 0. The van der Waals surface area contributed by atoms with Crippen molar-refractivity contribution < 1.29 is 4.84 Å². The first-order chi connectivity index (χ1) is 6.25. The number of nitrogens with zero attached hydrogens (tertiary/aromatic N) is 3. The lowest BCUT2D eigenvalue weighted by atomic mass is 10.4. The van der Waals surface area contributed by atoms with E-state index in [1.54, 1.807) is 0 Å². The van der Waals surface area contributed by atoms with E-state index in [-0.39, 0.29) is 0 Å². The molecular weight excluding hydrogens is 166 g/mol. The fourth-order valence-electron chi connectivity index (χ4n) is 1.45. The van der Waals surface area contributed by atoms with Gasteiger partial charge >= 0.3 is 0 Å².